The van der Waals surface area contributed by atoms with E-state index in [4.69, 9.17) is 0 Å². The van der Waals surface area contributed by atoms with Crippen molar-refractivity contribution in [2.24, 2.45) is 11.8 Å². The van der Waals surface area contributed by atoms with Gasteiger partial charge in [0.15, 0.2) is 5.82 Å². The minimum Gasteiger partial charge on any atom is -0.513 e. The molecule has 0 radical (unpaired) electrons. The van der Waals surface area contributed by atoms with Crippen LogP contribution < -0.4 is 0 Å². The standard InChI is InChI=1S/C14H18BrN5O/c1-8(2)13(9(3)21)11(14-17-19-20-18-14)7-10-5-4-6-12(15)16-10/h4-6,8,11,13,21H,3,7H2,1-2H3,(H,17,18,19,20)/t11-,13+/m0/s1. The number of allylic oxidation sites excluding steroid dienone is 1. The van der Waals surface area contributed by atoms with Crippen LogP contribution in [0.1, 0.15) is 31.3 Å². The first-order chi connectivity index (χ1) is 9.99. The molecule has 0 amide bonds. The van der Waals surface area contributed by atoms with Crippen LogP contribution in [0.5, 0.6) is 0 Å². The van der Waals surface area contributed by atoms with Crippen molar-refractivity contribution in [3.8, 4) is 0 Å². The lowest BCUT2D eigenvalue weighted by molar-refractivity contribution is 0.243. The van der Waals surface area contributed by atoms with E-state index in [9.17, 15) is 5.11 Å². The fourth-order valence-electron chi connectivity index (χ4n) is 2.59. The van der Waals surface area contributed by atoms with Gasteiger partial charge in [-0.3, -0.25) is 0 Å². The van der Waals surface area contributed by atoms with E-state index in [0.29, 0.717) is 12.2 Å². The van der Waals surface area contributed by atoms with E-state index in [1.807, 2.05) is 32.0 Å². The number of aliphatic hydroxyl groups excluding tert-OH is 1. The van der Waals surface area contributed by atoms with Crippen LogP contribution in [-0.2, 0) is 6.42 Å². The predicted molar refractivity (Wildman–Crippen MR) is 82.7 cm³/mol. The second kappa shape index (κ2) is 6.80. The summed E-state index contributed by atoms with van der Waals surface area (Å²) >= 11 is 3.37. The molecule has 2 N–H and O–H groups in total. The van der Waals surface area contributed by atoms with E-state index >= 15 is 0 Å². The molecule has 0 fully saturated rings. The van der Waals surface area contributed by atoms with Crippen molar-refractivity contribution >= 4 is 15.9 Å². The SMILES string of the molecule is C=C(O)[C@@H](C(C)C)[C@H](Cc1cccc(Br)n1)c1nnn[nH]1. The molecule has 2 heterocycles. The lowest BCUT2D eigenvalue weighted by Crippen LogP contribution is -2.24. The molecule has 21 heavy (non-hydrogen) atoms. The summed E-state index contributed by atoms with van der Waals surface area (Å²) in [6, 6.07) is 5.75. The Bertz CT molecular complexity index is 599. The van der Waals surface area contributed by atoms with Gasteiger partial charge >= 0.3 is 0 Å². The van der Waals surface area contributed by atoms with Crippen molar-refractivity contribution in [2.75, 3.05) is 0 Å². The molecule has 112 valence electrons. The molecule has 2 aromatic heterocycles. The molecule has 0 aliphatic heterocycles. The quantitative estimate of drug-likeness (QED) is 0.616. The van der Waals surface area contributed by atoms with E-state index in [1.165, 1.54) is 0 Å². The Morgan fingerprint density at radius 3 is 2.71 bits per heavy atom. The van der Waals surface area contributed by atoms with Gasteiger partial charge in [0.1, 0.15) is 4.60 Å². The Kier molecular flexibility index (Phi) is 5.06. The number of H-pyrrole nitrogens is 1. The lowest BCUT2D eigenvalue weighted by Gasteiger charge is -2.27. The van der Waals surface area contributed by atoms with Gasteiger partial charge in [-0.2, -0.15) is 0 Å². The summed E-state index contributed by atoms with van der Waals surface area (Å²) in [5.74, 6) is 0.705. The summed E-state index contributed by atoms with van der Waals surface area (Å²) < 4.78 is 0.776. The number of rotatable bonds is 6. The van der Waals surface area contributed by atoms with Crippen LogP contribution in [0.3, 0.4) is 0 Å². The third kappa shape index (κ3) is 3.87. The second-order valence-electron chi connectivity index (χ2n) is 5.31. The Morgan fingerprint density at radius 1 is 1.43 bits per heavy atom. The maximum atomic E-state index is 9.98. The highest BCUT2D eigenvalue weighted by Gasteiger charge is 2.31. The van der Waals surface area contributed by atoms with Gasteiger partial charge in [-0.05, 0) is 44.4 Å². The fraction of sp³-hybridized carbons (Fsp3) is 0.429. The number of aliphatic hydroxyl groups is 1. The van der Waals surface area contributed by atoms with E-state index in [2.05, 4.69) is 48.1 Å². The molecule has 2 aromatic rings. The highest BCUT2D eigenvalue weighted by atomic mass is 79.9. The smallest absolute Gasteiger partial charge is 0.152 e. The zero-order valence-electron chi connectivity index (χ0n) is 12.0. The number of hydrogen-bond donors (Lipinski definition) is 2. The second-order valence-corrected chi connectivity index (χ2v) is 6.12. The molecule has 2 atom stereocenters. The minimum atomic E-state index is -0.152. The molecular weight excluding hydrogens is 334 g/mol. The van der Waals surface area contributed by atoms with E-state index in [1.54, 1.807) is 0 Å². The largest absolute Gasteiger partial charge is 0.513 e. The first-order valence-corrected chi connectivity index (χ1v) is 7.51. The summed E-state index contributed by atoms with van der Waals surface area (Å²) in [5.41, 5.74) is 0.901. The molecule has 0 aromatic carbocycles. The Morgan fingerprint density at radius 2 is 2.19 bits per heavy atom. The van der Waals surface area contributed by atoms with Crippen LogP contribution >= 0.6 is 15.9 Å². The van der Waals surface area contributed by atoms with E-state index in [0.717, 1.165) is 10.3 Å². The topological polar surface area (TPSA) is 87.6 Å². The first-order valence-electron chi connectivity index (χ1n) is 6.72. The molecule has 6 nitrogen and oxygen atoms in total. The summed E-state index contributed by atoms with van der Waals surface area (Å²) in [6.07, 6.45) is 0.610. The third-order valence-corrected chi connectivity index (χ3v) is 3.89. The molecular formula is C14H18BrN5O. The molecule has 0 spiro atoms. The normalized spacial score (nSPS) is 14.1. The van der Waals surface area contributed by atoms with Gasteiger partial charge in [0.2, 0.25) is 0 Å². The number of aromatic nitrogens is 5. The molecule has 0 aliphatic carbocycles. The zero-order chi connectivity index (χ0) is 15.4. The van der Waals surface area contributed by atoms with E-state index in [-0.39, 0.29) is 23.5 Å². The van der Waals surface area contributed by atoms with Crippen LogP contribution in [0, 0.1) is 11.8 Å². The van der Waals surface area contributed by atoms with Crippen LogP contribution in [0.15, 0.2) is 35.1 Å². The predicted octanol–water partition coefficient (Wildman–Crippen LogP) is 3.03. The highest BCUT2D eigenvalue weighted by Crippen LogP contribution is 2.34. The van der Waals surface area contributed by atoms with Gasteiger partial charge in [-0.25, -0.2) is 10.1 Å². The number of hydrogen-bond acceptors (Lipinski definition) is 5. The molecule has 2 rings (SSSR count). The van der Waals surface area contributed by atoms with E-state index < -0.39 is 0 Å². The third-order valence-electron chi connectivity index (χ3n) is 3.45. The summed E-state index contributed by atoms with van der Waals surface area (Å²) in [5, 5.41) is 24.1. The van der Waals surface area contributed by atoms with Crippen molar-refractivity contribution in [3.05, 3.63) is 46.7 Å². The number of aromatic amines is 1. The number of pyridine rings is 1. The fourth-order valence-corrected chi connectivity index (χ4v) is 2.97. The number of halogens is 1. The average molecular weight is 352 g/mol. The van der Waals surface area contributed by atoms with Crippen molar-refractivity contribution in [2.45, 2.75) is 26.2 Å². The summed E-state index contributed by atoms with van der Waals surface area (Å²) in [4.78, 5) is 4.45. The highest BCUT2D eigenvalue weighted by molar-refractivity contribution is 9.10. The molecule has 7 heteroatoms. The van der Waals surface area contributed by atoms with Gasteiger partial charge in [-0.1, -0.05) is 26.5 Å². The first kappa shape index (κ1) is 15.6. The van der Waals surface area contributed by atoms with Crippen LogP contribution in [0.2, 0.25) is 0 Å². The molecule has 0 unspecified atom stereocenters. The van der Waals surface area contributed by atoms with Crippen molar-refractivity contribution in [1.82, 2.24) is 25.6 Å². The van der Waals surface area contributed by atoms with Gasteiger partial charge in [0.05, 0.1) is 5.76 Å². The lowest BCUT2D eigenvalue weighted by atomic mass is 9.79. The number of tetrazole rings is 1. The zero-order valence-corrected chi connectivity index (χ0v) is 13.6. The maximum Gasteiger partial charge on any atom is 0.152 e. The Labute approximate surface area is 131 Å². The van der Waals surface area contributed by atoms with Crippen molar-refractivity contribution in [3.63, 3.8) is 0 Å². The van der Waals surface area contributed by atoms with Crippen molar-refractivity contribution in [1.29, 1.82) is 0 Å². The minimum absolute atomic E-state index is 0.112. The van der Waals surface area contributed by atoms with Gasteiger partial charge in [0.25, 0.3) is 0 Å². The monoisotopic (exact) mass is 351 g/mol. The molecule has 0 aliphatic rings. The van der Waals surface area contributed by atoms with Gasteiger partial charge in [-0.15, -0.1) is 5.10 Å². The maximum absolute atomic E-state index is 9.98. The number of nitrogens with zero attached hydrogens (tertiary/aromatic N) is 4. The van der Waals surface area contributed by atoms with Crippen LogP contribution in [0.25, 0.3) is 0 Å². The Balaban J connectivity index is 2.35. The van der Waals surface area contributed by atoms with Crippen molar-refractivity contribution < 1.29 is 5.11 Å². The molecule has 0 saturated carbocycles. The molecule has 0 bridgehead atoms. The number of nitrogens with one attached hydrogen (secondary N) is 1. The Hall–Kier alpha value is -1.76. The van der Waals surface area contributed by atoms with Crippen LogP contribution in [-0.4, -0.2) is 30.7 Å². The average Bonchev–Trinajstić information content (AvgIpc) is 2.90. The summed E-state index contributed by atoms with van der Waals surface area (Å²) in [7, 11) is 0. The van der Waals surface area contributed by atoms with Crippen LogP contribution in [0.4, 0.5) is 0 Å². The van der Waals surface area contributed by atoms with Gasteiger partial charge < -0.3 is 5.11 Å². The summed E-state index contributed by atoms with van der Waals surface area (Å²) in [6.45, 7) is 7.79. The molecule has 0 saturated heterocycles. The van der Waals surface area contributed by atoms with Gasteiger partial charge in [0, 0.05) is 24.0 Å².